The number of hydrogen-bond acceptors (Lipinski definition) is 8. The predicted molar refractivity (Wildman–Crippen MR) is 148 cm³/mol. The van der Waals surface area contributed by atoms with Gasteiger partial charge in [0.25, 0.3) is 20.2 Å². The molecule has 10 nitrogen and oxygen atoms in total. The van der Waals surface area contributed by atoms with Crippen molar-refractivity contribution in [3.63, 3.8) is 0 Å². The minimum absolute atomic E-state index is 0.0287. The van der Waals surface area contributed by atoms with Gasteiger partial charge in [-0.15, -0.1) is 0 Å². The maximum Gasteiger partial charge on any atom is 0.294 e. The molecule has 8 bridgehead atoms. The van der Waals surface area contributed by atoms with E-state index in [1.807, 2.05) is 0 Å². The second kappa shape index (κ2) is 10.1. The van der Waals surface area contributed by atoms with Crippen LogP contribution in [0.5, 0.6) is 23.0 Å². The molecular weight excluding hydrogens is 572 g/mol. The van der Waals surface area contributed by atoms with Gasteiger partial charge in [-0.05, 0) is 53.4 Å². The van der Waals surface area contributed by atoms with Crippen LogP contribution in [0.1, 0.15) is 50.1 Å². The first-order valence-corrected chi connectivity index (χ1v) is 15.3. The largest absolute Gasteiger partial charge is 0.507 e. The highest BCUT2D eigenvalue weighted by Crippen LogP contribution is 2.39. The summed E-state index contributed by atoms with van der Waals surface area (Å²) >= 11 is 0. The first kappa shape index (κ1) is 28.4. The molecule has 1 aliphatic carbocycles. The number of para-hydroxylation sites is 1. The summed E-state index contributed by atoms with van der Waals surface area (Å²) in [6, 6.07) is 12.4. The van der Waals surface area contributed by atoms with Crippen LogP contribution in [0.3, 0.4) is 0 Å². The van der Waals surface area contributed by atoms with Crippen molar-refractivity contribution < 1.29 is 46.4 Å². The zero-order valence-corrected chi connectivity index (χ0v) is 23.3. The van der Waals surface area contributed by atoms with Gasteiger partial charge in [-0.3, -0.25) is 9.11 Å². The monoisotopic (exact) mass is 598 g/mol. The molecule has 0 amide bonds. The Kier molecular flexibility index (Phi) is 6.98. The van der Waals surface area contributed by atoms with E-state index in [4.69, 9.17) is 0 Å². The van der Waals surface area contributed by atoms with E-state index >= 15 is 0 Å². The Morgan fingerprint density at radius 3 is 1.07 bits per heavy atom. The smallest absolute Gasteiger partial charge is 0.294 e. The molecule has 1 aliphatic rings. The van der Waals surface area contributed by atoms with Crippen LogP contribution in [0.2, 0.25) is 0 Å². The number of fused-ring (bicyclic) bond motifs is 8. The minimum atomic E-state index is -4.77. The van der Waals surface area contributed by atoms with E-state index in [0.717, 1.165) is 29.8 Å². The topological polar surface area (TPSA) is 190 Å². The van der Waals surface area contributed by atoms with Crippen LogP contribution in [0.25, 0.3) is 0 Å². The summed E-state index contributed by atoms with van der Waals surface area (Å²) in [5.41, 5.74) is 2.22. The van der Waals surface area contributed by atoms with Gasteiger partial charge >= 0.3 is 0 Å². The van der Waals surface area contributed by atoms with Crippen molar-refractivity contribution in [2.75, 3.05) is 0 Å². The Labute approximate surface area is 236 Å². The quantitative estimate of drug-likeness (QED) is 0.162. The van der Waals surface area contributed by atoms with Crippen LogP contribution in [0.15, 0.2) is 64.4 Å². The maximum absolute atomic E-state index is 12.1. The summed E-state index contributed by atoms with van der Waals surface area (Å²) in [5.74, 6) is -1.04. The number of aryl methyl sites for hydroxylation is 1. The van der Waals surface area contributed by atoms with Crippen LogP contribution >= 0.6 is 0 Å². The Morgan fingerprint density at radius 2 is 0.756 bits per heavy atom. The van der Waals surface area contributed by atoms with Gasteiger partial charge in [0.15, 0.2) is 0 Å². The number of phenols is 4. The van der Waals surface area contributed by atoms with Crippen LogP contribution < -0.4 is 0 Å². The molecule has 5 rings (SSSR count). The van der Waals surface area contributed by atoms with Crippen molar-refractivity contribution in [3.05, 3.63) is 105 Å². The Hall–Kier alpha value is -4.10. The molecule has 0 fully saturated rings. The number of rotatable bonds is 2. The van der Waals surface area contributed by atoms with Gasteiger partial charge < -0.3 is 20.4 Å². The van der Waals surface area contributed by atoms with Crippen molar-refractivity contribution in [3.8, 4) is 23.0 Å². The summed E-state index contributed by atoms with van der Waals surface area (Å²) in [6.07, 6.45) is -0.627. The number of hydrogen-bond donors (Lipinski definition) is 6. The second-order valence-corrected chi connectivity index (χ2v) is 13.0. The Bertz CT molecular complexity index is 1950. The summed E-state index contributed by atoms with van der Waals surface area (Å²) in [4.78, 5) is -1.11. The normalized spacial score (nSPS) is 13.6. The number of benzene rings is 4. The van der Waals surface area contributed by atoms with Crippen LogP contribution in [-0.2, 0) is 45.9 Å². The molecule has 0 unspecified atom stereocenters. The van der Waals surface area contributed by atoms with Gasteiger partial charge in [0.2, 0.25) is 0 Å². The number of phenolic OH excluding ortho intramolecular Hbond substituents is 4. The fraction of sp³-hybridized carbons (Fsp3) is 0.172. The lowest BCUT2D eigenvalue weighted by Gasteiger charge is -2.18. The van der Waals surface area contributed by atoms with Gasteiger partial charge in [0.1, 0.15) is 23.0 Å². The second-order valence-electron chi connectivity index (χ2n) is 10.2. The lowest BCUT2D eigenvalue weighted by molar-refractivity contribution is 0.449. The lowest BCUT2D eigenvalue weighted by atomic mass is 9.91. The molecular formula is C29H26O10S2. The molecule has 0 heterocycles. The van der Waals surface area contributed by atoms with Gasteiger partial charge in [-0.25, -0.2) is 0 Å². The fourth-order valence-electron chi connectivity index (χ4n) is 5.25. The Morgan fingerprint density at radius 1 is 0.488 bits per heavy atom. The molecule has 4 aromatic carbocycles. The highest BCUT2D eigenvalue weighted by atomic mass is 32.2. The standard InChI is InChI=1S/C29H26O10S2/c1-15-5-18-7-16-3-2-4-17(26(16)30)8-20-11-24(40(34,35)36)13-22(28(20)32)10-23-14-25(41(37,38)39)12-21(29(23)33)9-19(6-15)27(18)31/h2-6,11-14,30-33H,7-10H2,1H3,(H,34,35,36)(H,37,38,39). The van der Waals surface area contributed by atoms with Crippen LogP contribution in [0.4, 0.5) is 0 Å². The summed E-state index contributed by atoms with van der Waals surface area (Å²) in [7, 11) is -9.53. The molecule has 214 valence electrons. The van der Waals surface area contributed by atoms with E-state index < -0.39 is 47.9 Å². The van der Waals surface area contributed by atoms with Crippen molar-refractivity contribution in [2.24, 2.45) is 0 Å². The Balaban J connectivity index is 1.84. The highest BCUT2D eigenvalue weighted by Gasteiger charge is 2.24. The molecule has 0 spiro atoms. The van der Waals surface area contributed by atoms with Crippen molar-refractivity contribution in [1.29, 1.82) is 0 Å². The predicted octanol–water partition coefficient (Wildman–Crippen LogP) is 3.99. The van der Waals surface area contributed by atoms with E-state index in [1.165, 1.54) is 0 Å². The third kappa shape index (κ3) is 5.59. The van der Waals surface area contributed by atoms with Gasteiger partial charge in [-0.2, -0.15) is 16.8 Å². The van der Waals surface area contributed by atoms with E-state index in [1.54, 1.807) is 37.3 Å². The molecule has 0 atom stereocenters. The molecule has 4 aromatic rings. The first-order valence-electron chi connectivity index (χ1n) is 12.4. The minimum Gasteiger partial charge on any atom is -0.507 e. The average molecular weight is 599 g/mol. The first-order chi connectivity index (χ1) is 19.1. The molecule has 41 heavy (non-hydrogen) atoms. The molecule has 0 saturated carbocycles. The third-order valence-electron chi connectivity index (χ3n) is 7.22. The van der Waals surface area contributed by atoms with Crippen LogP contribution in [-0.4, -0.2) is 46.4 Å². The number of aromatic hydroxyl groups is 4. The highest BCUT2D eigenvalue weighted by molar-refractivity contribution is 7.86. The lowest BCUT2D eigenvalue weighted by Crippen LogP contribution is -2.06. The van der Waals surface area contributed by atoms with Gasteiger partial charge in [0, 0.05) is 47.9 Å². The zero-order valence-electron chi connectivity index (χ0n) is 21.7. The summed E-state index contributed by atoms with van der Waals surface area (Å²) < 4.78 is 68.1. The summed E-state index contributed by atoms with van der Waals surface area (Å²) in [6.45, 7) is 1.79. The van der Waals surface area contributed by atoms with Gasteiger partial charge in [0.05, 0.1) is 9.79 Å². The average Bonchev–Trinajstić information content (AvgIpc) is 2.86. The van der Waals surface area contributed by atoms with Crippen molar-refractivity contribution in [2.45, 2.75) is 42.4 Å². The van der Waals surface area contributed by atoms with Crippen molar-refractivity contribution >= 4 is 20.2 Å². The van der Waals surface area contributed by atoms with Crippen molar-refractivity contribution in [1.82, 2.24) is 0 Å². The van der Waals surface area contributed by atoms with E-state index in [0.29, 0.717) is 22.3 Å². The third-order valence-corrected chi connectivity index (χ3v) is 8.88. The fourth-order valence-corrected chi connectivity index (χ4v) is 6.41. The zero-order chi connectivity index (χ0) is 29.9. The molecule has 12 heteroatoms. The molecule has 0 aromatic heterocycles. The molecule has 0 aliphatic heterocycles. The van der Waals surface area contributed by atoms with E-state index in [-0.39, 0.29) is 53.0 Å². The molecule has 0 radical (unpaired) electrons. The van der Waals surface area contributed by atoms with Crippen LogP contribution in [0, 0.1) is 6.92 Å². The van der Waals surface area contributed by atoms with E-state index in [9.17, 15) is 46.4 Å². The van der Waals surface area contributed by atoms with E-state index in [2.05, 4.69) is 0 Å². The molecule has 0 saturated heterocycles. The molecule has 6 N–H and O–H groups in total. The SMILES string of the molecule is Cc1cc2c(O)c(c1)Cc1cc(S(=O)(=O)O)cc(c1O)Cc1cc(S(=O)(=O)O)cc(c1O)Cc1cccc(c1O)C2. The maximum atomic E-state index is 12.1. The van der Waals surface area contributed by atoms with Gasteiger partial charge in [-0.1, -0.05) is 35.9 Å². The summed E-state index contributed by atoms with van der Waals surface area (Å²) in [5, 5.41) is 44.6.